The van der Waals surface area contributed by atoms with Gasteiger partial charge in [-0.1, -0.05) is 35.9 Å². The van der Waals surface area contributed by atoms with Crippen LogP contribution in [0.4, 0.5) is 4.39 Å². The maximum absolute atomic E-state index is 13.4. The van der Waals surface area contributed by atoms with E-state index in [4.69, 9.17) is 4.74 Å². The fourth-order valence-electron chi connectivity index (χ4n) is 1.87. The third-order valence-corrected chi connectivity index (χ3v) is 3.02. The number of hydrogen-bond donors (Lipinski definition) is 1. The zero-order chi connectivity index (χ0) is 15.9. The molecule has 2 rings (SSSR count). The Morgan fingerprint density at radius 2 is 1.91 bits per heavy atom. The normalized spacial score (nSPS) is 10.1. The summed E-state index contributed by atoms with van der Waals surface area (Å²) in [5.41, 5.74) is 1.70. The second-order valence-corrected chi connectivity index (χ2v) is 4.81. The van der Waals surface area contributed by atoms with Crippen molar-refractivity contribution in [2.45, 2.75) is 13.5 Å². The molecule has 2 aromatic rings. The Kier molecular flexibility index (Phi) is 5.25. The number of hydrogen-bond acceptors (Lipinski definition) is 3. The lowest BCUT2D eigenvalue weighted by atomic mass is 10.1. The molecule has 0 spiro atoms. The molecule has 0 bridgehead atoms. The van der Waals surface area contributed by atoms with Crippen molar-refractivity contribution in [1.29, 1.82) is 0 Å². The van der Waals surface area contributed by atoms with E-state index in [1.54, 1.807) is 36.4 Å². The lowest BCUT2D eigenvalue weighted by Gasteiger charge is -2.07. The Morgan fingerprint density at radius 3 is 2.64 bits per heavy atom. The van der Waals surface area contributed by atoms with Crippen molar-refractivity contribution >= 4 is 11.9 Å². The van der Waals surface area contributed by atoms with E-state index in [1.165, 1.54) is 6.07 Å². The van der Waals surface area contributed by atoms with E-state index in [2.05, 4.69) is 5.32 Å². The van der Waals surface area contributed by atoms with Crippen molar-refractivity contribution in [1.82, 2.24) is 5.32 Å². The van der Waals surface area contributed by atoms with Crippen molar-refractivity contribution in [2.75, 3.05) is 6.61 Å². The van der Waals surface area contributed by atoms with Crippen LogP contribution in [0.1, 0.15) is 21.5 Å². The van der Waals surface area contributed by atoms with Crippen LogP contribution >= 0.6 is 0 Å². The molecular formula is C17H16FNO3. The Labute approximate surface area is 127 Å². The lowest BCUT2D eigenvalue weighted by Crippen LogP contribution is -2.28. The highest BCUT2D eigenvalue weighted by atomic mass is 19.1. The SMILES string of the molecule is Cc1cccc(C(=O)OCC(=O)NCc2ccccc2F)c1. The molecule has 0 atom stereocenters. The smallest absolute Gasteiger partial charge is 0.338 e. The van der Waals surface area contributed by atoms with Crippen LogP contribution in [0, 0.1) is 12.7 Å². The van der Waals surface area contributed by atoms with Crippen LogP contribution in [0.15, 0.2) is 48.5 Å². The molecule has 114 valence electrons. The molecule has 0 radical (unpaired) electrons. The highest BCUT2D eigenvalue weighted by Gasteiger charge is 2.10. The number of esters is 1. The van der Waals surface area contributed by atoms with Gasteiger partial charge in [0.2, 0.25) is 0 Å². The topological polar surface area (TPSA) is 55.4 Å². The average molecular weight is 301 g/mol. The van der Waals surface area contributed by atoms with Gasteiger partial charge in [0, 0.05) is 12.1 Å². The molecule has 0 aliphatic heterocycles. The summed E-state index contributed by atoms with van der Waals surface area (Å²) in [7, 11) is 0. The van der Waals surface area contributed by atoms with Gasteiger partial charge in [-0.25, -0.2) is 9.18 Å². The van der Waals surface area contributed by atoms with Crippen LogP contribution in [0.3, 0.4) is 0 Å². The summed E-state index contributed by atoms with van der Waals surface area (Å²) < 4.78 is 18.3. The van der Waals surface area contributed by atoms with Gasteiger partial charge < -0.3 is 10.1 Å². The van der Waals surface area contributed by atoms with Crippen molar-refractivity contribution in [3.05, 3.63) is 71.0 Å². The summed E-state index contributed by atoms with van der Waals surface area (Å²) >= 11 is 0. The van der Waals surface area contributed by atoms with Gasteiger partial charge >= 0.3 is 5.97 Å². The zero-order valence-electron chi connectivity index (χ0n) is 12.1. The first-order chi connectivity index (χ1) is 10.6. The fourth-order valence-corrected chi connectivity index (χ4v) is 1.87. The largest absolute Gasteiger partial charge is 0.452 e. The molecule has 4 nitrogen and oxygen atoms in total. The molecule has 22 heavy (non-hydrogen) atoms. The number of carbonyl (C=O) groups is 2. The van der Waals surface area contributed by atoms with Gasteiger partial charge in [-0.15, -0.1) is 0 Å². The van der Waals surface area contributed by atoms with Crippen molar-refractivity contribution in [2.24, 2.45) is 0 Å². The quantitative estimate of drug-likeness (QED) is 0.864. The summed E-state index contributed by atoms with van der Waals surface area (Å²) in [6, 6.07) is 13.1. The first-order valence-electron chi connectivity index (χ1n) is 6.80. The fraction of sp³-hybridized carbons (Fsp3) is 0.176. The van der Waals surface area contributed by atoms with E-state index in [0.717, 1.165) is 5.56 Å². The Bertz CT molecular complexity index is 685. The molecule has 0 unspecified atom stereocenters. The molecule has 0 fully saturated rings. The molecule has 0 heterocycles. The van der Waals surface area contributed by atoms with Gasteiger partial charge in [-0.2, -0.15) is 0 Å². The van der Waals surface area contributed by atoms with Crippen LogP contribution in [0.2, 0.25) is 0 Å². The predicted octanol–water partition coefficient (Wildman–Crippen LogP) is 2.61. The number of carbonyl (C=O) groups excluding carboxylic acids is 2. The van der Waals surface area contributed by atoms with Gasteiger partial charge in [0.15, 0.2) is 6.61 Å². The van der Waals surface area contributed by atoms with Gasteiger partial charge in [0.05, 0.1) is 5.56 Å². The minimum Gasteiger partial charge on any atom is -0.452 e. The molecular weight excluding hydrogens is 285 g/mol. The minimum absolute atomic E-state index is 0.0491. The van der Waals surface area contributed by atoms with E-state index in [-0.39, 0.29) is 12.4 Å². The van der Waals surface area contributed by atoms with E-state index in [1.807, 2.05) is 13.0 Å². The van der Waals surface area contributed by atoms with Gasteiger partial charge in [0.1, 0.15) is 5.82 Å². The number of aryl methyl sites for hydroxylation is 1. The number of halogens is 1. The molecule has 1 amide bonds. The number of rotatable bonds is 5. The maximum atomic E-state index is 13.4. The second-order valence-electron chi connectivity index (χ2n) is 4.81. The van der Waals surface area contributed by atoms with Crippen molar-refractivity contribution in [3.63, 3.8) is 0 Å². The molecule has 0 aromatic heterocycles. The third-order valence-electron chi connectivity index (χ3n) is 3.02. The molecule has 2 aromatic carbocycles. The van der Waals surface area contributed by atoms with Crippen LogP contribution in [-0.2, 0) is 16.1 Å². The molecule has 0 aliphatic carbocycles. The average Bonchev–Trinajstić information content (AvgIpc) is 2.52. The van der Waals surface area contributed by atoms with Crippen molar-refractivity contribution in [3.8, 4) is 0 Å². The standard InChI is InChI=1S/C17H16FNO3/c1-12-5-4-7-13(9-12)17(21)22-11-16(20)19-10-14-6-2-3-8-15(14)18/h2-9H,10-11H2,1H3,(H,19,20). The van der Waals surface area contributed by atoms with Gasteiger partial charge in [-0.3, -0.25) is 4.79 Å². The van der Waals surface area contributed by atoms with E-state index >= 15 is 0 Å². The highest BCUT2D eigenvalue weighted by Crippen LogP contribution is 2.06. The molecule has 0 saturated heterocycles. The minimum atomic E-state index is -0.565. The third kappa shape index (κ3) is 4.41. The lowest BCUT2D eigenvalue weighted by molar-refractivity contribution is -0.124. The van der Waals surface area contributed by atoms with Crippen molar-refractivity contribution < 1.29 is 18.7 Å². The zero-order valence-corrected chi connectivity index (χ0v) is 12.1. The monoisotopic (exact) mass is 301 g/mol. The molecule has 1 N–H and O–H groups in total. The van der Waals surface area contributed by atoms with Crippen LogP contribution in [0.5, 0.6) is 0 Å². The van der Waals surface area contributed by atoms with E-state index in [9.17, 15) is 14.0 Å². The first kappa shape index (κ1) is 15.7. The van der Waals surface area contributed by atoms with Gasteiger partial charge in [0.25, 0.3) is 5.91 Å². The first-order valence-corrected chi connectivity index (χ1v) is 6.80. The summed E-state index contributed by atoms with van der Waals surface area (Å²) in [5, 5.41) is 2.50. The summed E-state index contributed by atoms with van der Waals surface area (Å²) in [6.45, 7) is 1.51. The molecule has 0 aliphatic rings. The Hall–Kier alpha value is -2.69. The molecule has 0 saturated carbocycles. The van der Waals surface area contributed by atoms with E-state index < -0.39 is 18.5 Å². The summed E-state index contributed by atoms with van der Waals surface area (Å²) in [4.78, 5) is 23.4. The Balaban J connectivity index is 1.81. The van der Waals surface area contributed by atoms with Crippen LogP contribution in [-0.4, -0.2) is 18.5 Å². The second kappa shape index (κ2) is 7.36. The van der Waals surface area contributed by atoms with Crippen LogP contribution in [0.25, 0.3) is 0 Å². The van der Waals surface area contributed by atoms with Crippen LogP contribution < -0.4 is 5.32 Å². The van der Waals surface area contributed by atoms with E-state index in [0.29, 0.717) is 11.1 Å². The highest BCUT2D eigenvalue weighted by molar-refractivity contribution is 5.91. The number of ether oxygens (including phenoxy) is 1. The predicted molar refractivity (Wildman–Crippen MR) is 79.7 cm³/mol. The van der Waals surface area contributed by atoms with Gasteiger partial charge in [-0.05, 0) is 25.1 Å². The summed E-state index contributed by atoms with van der Waals surface area (Å²) in [6.07, 6.45) is 0. The number of amides is 1. The number of nitrogens with one attached hydrogen (secondary N) is 1. The maximum Gasteiger partial charge on any atom is 0.338 e. The number of benzene rings is 2. The molecule has 5 heteroatoms. The summed E-state index contributed by atoms with van der Waals surface area (Å²) in [5.74, 6) is -1.44. The Morgan fingerprint density at radius 1 is 1.14 bits per heavy atom.